The Morgan fingerprint density at radius 2 is 1.74 bits per heavy atom. The number of ketones is 1. The van der Waals surface area contributed by atoms with Crippen molar-refractivity contribution in [2.45, 2.75) is 115 Å². The van der Waals surface area contributed by atoms with Crippen LogP contribution in [0.1, 0.15) is 79.6 Å². The third kappa shape index (κ3) is 3.49. The molecule has 34 heavy (non-hydrogen) atoms. The van der Waals surface area contributed by atoms with Crippen LogP contribution < -0.4 is 0 Å². The van der Waals surface area contributed by atoms with Gasteiger partial charge in [0.25, 0.3) is 0 Å². The molecule has 4 rings (SSSR count). The molecule has 0 amide bonds. The Labute approximate surface area is 202 Å². The van der Waals surface area contributed by atoms with E-state index in [-0.39, 0.29) is 31.0 Å². The second-order valence-corrected chi connectivity index (χ2v) is 12.9. The molecule has 194 valence electrons. The Kier molecular flexibility index (Phi) is 6.45. The Morgan fingerprint density at radius 3 is 2.35 bits per heavy atom. The lowest BCUT2D eigenvalue weighted by molar-refractivity contribution is -0.184. The molecule has 3 fully saturated rings. The Bertz CT molecular complexity index is 852. The van der Waals surface area contributed by atoms with Crippen molar-refractivity contribution >= 4 is 5.78 Å². The average molecular weight is 481 g/mol. The molecule has 4 aliphatic rings. The molecule has 3 saturated carbocycles. The second-order valence-electron chi connectivity index (χ2n) is 12.9. The Balaban J connectivity index is 1.73. The molecule has 7 nitrogen and oxygen atoms in total. The first-order chi connectivity index (χ1) is 15.6. The topological polar surface area (TPSA) is 138 Å². The molecule has 4 aliphatic carbocycles. The summed E-state index contributed by atoms with van der Waals surface area (Å²) in [6.45, 7) is 9.55. The van der Waals surface area contributed by atoms with Gasteiger partial charge in [0.15, 0.2) is 5.78 Å². The van der Waals surface area contributed by atoms with Gasteiger partial charge in [-0.3, -0.25) is 4.79 Å². The number of aliphatic hydroxyl groups excluding tert-OH is 4. The van der Waals surface area contributed by atoms with E-state index in [0.29, 0.717) is 30.8 Å². The quantitative estimate of drug-likeness (QED) is 0.352. The standard InChI is InChI=1S/C27H44O7/c1-14(2)6-7-22(31)26(5,33)21-12-23(32)27(34)16-10-18(28)17-11-19(29)20(30)13-24(17,3)15(16)8-9-25(21,27)4/h10,14-15,17,19-23,29-34H,6-9,11-13H2,1-5H3. The van der Waals surface area contributed by atoms with Crippen molar-refractivity contribution < 1.29 is 35.4 Å². The van der Waals surface area contributed by atoms with E-state index in [9.17, 15) is 35.4 Å². The van der Waals surface area contributed by atoms with Gasteiger partial charge in [-0.2, -0.15) is 0 Å². The summed E-state index contributed by atoms with van der Waals surface area (Å²) < 4.78 is 0. The summed E-state index contributed by atoms with van der Waals surface area (Å²) in [7, 11) is 0. The van der Waals surface area contributed by atoms with Crippen LogP contribution in [0.5, 0.6) is 0 Å². The molecule has 0 radical (unpaired) electrons. The Hall–Kier alpha value is -0.830. The molecule has 11 unspecified atom stereocenters. The summed E-state index contributed by atoms with van der Waals surface area (Å²) in [6.07, 6.45) is 0.303. The SMILES string of the molecule is CC(C)CCC(O)C(C)(O)C1CC(O)C2(O)C3=CC(=O)C4CC(O)C(O)CC4(C)C3CCC12C. The first kappa shape index (κ1) is 26.2. The minimum Gasteiger partial charge on any atom is -0.390 e. The summed E-state index contributed by atoms with van der Waals surface area (Å²) in [4.78, 5) is 13.3. The smallest absolute Gasteiger partial charge is 0.159 e. The van der Waals surface area contributed by atoms with Crippen LogP contribution in [0.15, 0.2) is 11.6 Å². The molecule has 11 atom stereocenters. The highest BCUT2D eigenvalue weighted by Gasteiger charge is 2.72. The van der Waals surface area contributed by atoms with Crippen molar-refractivity contribution in [3.05, 3.63) is 11.6 Å². The average Bonchev–Trinajstić information content (AvgIpc) is 2.96. The fourth-order valence-corrected chi connectivity index (χ4v) is 8.32. The van der Waals surface area contributed by atoms with Crippen molar-refractivity contribution in [3.63, 3.8) is 0 Å². The summed E-state index contributed by atoms with van der Waals surface area (Å²) in [6, 6.07) is 0. The highest BCUT2D eigenvalue weighted by atomic mass is 16.4. The Morgan fingerprint density at radius 1 is 1.09 bits per heavy atom. The number of fused-ring (bicyclic) bond motifs is 5. The monoisotopic (exact) mass is 480 g/mol. The zero-order valence-electron chi connectivity index (χ0n) is 21.2. The van der Waals surface area contributed by atoms with Gasteiger partial charge in [-0.05, 0) is 80.8 Å². The summed E-state index contributed by atoms with van der Waals surface area (Å²) in [5.41, 5.74) is -4.30. The van der Waals surface area contributed by atoms with Crippen LogP contribution in [-0.4, -0.2) is 72.0 Å². The van der Waals surface area contributed by atoms with Gasteiger partial charge in [-0.15, -0.1) is 0 Å². The predicted octanol–water partition coefficient (Wildman–Crippen LogP) is 1.71. The van der Waals surface area contributed by atoms with Gasteiger partial charge in [0, 0.05) is 17.3 Å². The molecular formula is C27H44O7. The molecule has 0 aromatic carbocycles. The zero-order valence-corrected chi connectivity index (χ0v) is 21.2. The van der Waals surface area contributed by atoms with Gasteiger partial charge in [-0.25, -0.2) is 0 Å². The highest BCUT2D eigenvalue weighted by Crippen LogP contribution is 2.68. The van der Waals surface area contributed by atoms with E-state index in [4.69, 9.17) is 0 Å². The normalized spacial score (nSPS) is 49.1. The number of aliphatic hydroxyl groups is 6. The van der Waals surface area contributed by atoms with Crippen LogP contribution in [0.3, 0.4) is 0 Å². The molecule has 0 aliphatic heterocycles. The number of allylic oxidation sites excluding steroid dienone is 1. The lowest BCUT2D eigenvalue weighted by Gasteiger charge is -2.61. The first-order valence-corrected chi connectivity index (χ1v) is 13.0. The largest absolute Gasteiger partial charge is 0.390 e. The summed E-state index contributed by atoms with van der Waals surface area (Å²) >= 11 is 0. The number of hydrogen-bond acceptors (Lipinski definition) is 7. The van der Waals surface area contributed by atoms with Crippen LogP contribution in [0, 0.1) is 34.5 Å². The lowest BCUT2D eigenvalue weighted by atomic mass is 9.45. The fourth-order valence-electron chi connectivity index (χ4n) is 8.32. The van der Waals surface area contributed by atoms with Crippen molar-refractivity contribution in [2.75, 3.05) is 0 Å². The number of hydrogen-bond donors (Lipinski definition) is 6. The number of rotatable bonds is 5. The molecule has 0 aromatic rings. The number of carbonyl (C=O) groups excluding carboxylic acids is 1. The molecule has 7 heteroatoms. The maximum Gasteiger partial charge on any atom is 0.159 e. The maximum atomic E-state index is 13.3. The third-order valence-corrected chi connectivity index (χ3v) is 10.6. The van der Waals surface area contributed by atoms with Crippen LogP contribution in [0.2, 0.25) is 0 Å². The van der Waals surface area contributed by atoms with Crippen molar-refractivity contribution in [1.29, 1.82) is 0 Å². The van der Waals surface area contributed by atoms with E-state index in [1.165, 1.54) is 6.08 Å². The second kappa shape index (κ2) is 8.35. The molecule has 0 saturated heterocycles. The van der Waals surface area contributed by atoms with E-state index in [1.54, 1.807) is 6.92 Å². The van der Waals surface area contributed by atoms with Crippen LogP contribution in [0.25, 0.3) is 0 Å². The molecule has 0 aromatic heterocycles. The molecule has 0 spiro atoms. The number of carbonyl (C=O) groups is 1. The minimum atomic E-state index is -1.72. The van der Waals surface area contributed by atoms with E-state index in [0.717, 1.165) is 6.42 Å². The minimum absolute atomic E-state index is 0.123. The van der Waals surface area contributed by atoms with Gasteiger partial charge in [0.1, 0.15) is 5.60 Å². The van der Waals surface area contributed by atoms with E-state index in [1.807, 2.05) is 13.8 Å². The van der Waals surface area contributed by atoms with Crippen molar-refractivity contribution in [3.8, 4) is 0 Å². The maximum absolute atomic E-state index is 13.3. The van der Waals surface area contributed by atoms with Gasteiger partial charge >= 0.3 is 0 Å². The third-order valence-electron chi connectivity index (χ3n) is 10.6. The van der Waals surface area contributed by atoms with E-state index < -0.39 is 58.3 Å². The predicted molar refractivity (Wildman–Crippen MR) is 127 cm³/mol. The van der Waals surface area contributed by atoms with E-state index >= 15 is 0 Å². The first-order valence-electron chi connectivity index (χ1n) is 13.0. The fraction of sp³-hybridized carbons (Fsp3) is 0.889. The van der Waals surface area contributed by atoms with Crippen molar-refractivity contribution in [1.82, 2.24) is 0 Å². The molecular weight excluding hydrogens is 436 g/mol. The van der Waals surface area contributed by atoms with Gasteiger partial charge in [0.2, 0.25) is 0 Å². The van der Waals surface area contributed by atoms with Crippen molar-refractivity contribution in [2.24, 2.45) is 34.5 Å². The highest BCUT2D eigenvalue weighted by molar-refractivity contribution is 5.95. The van der Waals surface area contributed by atoms with Gasteiger partial charge in [-0.1, -0.05) is 27.7 Å². The zero-order chi connectivity index (χ0) is 25.4. The van der Waals surface area contributed by atoms with Crippen LogP contribution in [0.4, 0.5) is 0 Å². The lowest BCUT2D eigenvalue weighted by Crippen LogP contribution is -2.64. The van der Waals surface area contributed by atoms with Gasteiger partial charge < -0.3 is 30.6 Å². The summed E-state index contributed by atoms with van der Waals surface area (Å²) in [5.74, 6) is -1.04. The molecule has 6 N–H and O–H groups in total. The van der Waals surface area contributed by atoms with Gasteiger partial charge in [0.05, 0.1) is 30.0 Å². The van der Waals surface area contributed by atoms with Crippen LogP contribution >= 0.6 is 0 Å². The van der Waals surface area contributed by atoms with Crippen LogP contribution in [-0.2, 0) is 4.79 Å². The van der Waals surface area contributed by atoms with E-state index in [2.05, 4.69) is 13.8 Å². The summed E-state index contributed by atoms with van der Waals surface area (Å²) in [5, 5.41) is 66.7. The molecule has 0 heterocycles. The molecule has 0 bridgehead atoms.